The summed E-state index contributed by atoms with van der Waals surface area (Å²) >= 11 is 23.8. The molecular formula is C28H31Cl4N3. The van der Waals surface area contributed by atoms with Crippen LogP contribution in [0.1, 0.15) is 23.1 Å². The smallest absolute Gasteiger partial charge is 0.0645 e. The molecule has 3 heterocycles. The Morgan fingerprint density at radius 3 is 1.94 bits per heavy atom. The van der Waals surface area contributed by atoms with Crippen LogP contribution in [0, 0.1) is 0 Å². The van der Waals surface area contributed by atoms with Gasteiger partial charge in [-0.3, -0.25) is 0 Å². The molecule has 6 rings (SSSR count). The molecule has 35 heavy (non-hydrogen) atoms. The molecule has 0 aromatic heterocycles. The Hall–Kier alpha value is -1.78. The number of fused-ring (bicyclic) bond motifs is 3. The van der Waals surface area contributed by atoms with Gasteiger partial charge in [0.2, 0.25) is 0 Å². The molecular weight excluding hydrogens is 520 g/mol. The summed E-state index contributed by atoms with van der Waals surface area (Å²) in [6.45, 7) is 3.29. The minimum absolute atomic E-state index is 0.658. The van der Waals surface area contributed by atoms with Gasteiger partial charge in [-0.25, -0.2) is 0 Å². The summed E-state index contributed by atoms with van der Waals surface area (Å²) in [5, 5.41) is 3.14. The van der Waals surface area contributed by atoms with Crippen molar-refractivity contribution in [1.29, 1.82) is 0 Å². The van der Waals surface area contributed by atoms with E-state index in [1.807, 2.05) is 30.3 Å². The molecule has 3 aliphatic heterocycles. The molecule has 186 valence electrons. The van der Waals surface area contributed by atoms with Gasteiger partial charge in [-0.05, 0) is 84.8 Å². The van der Waals surface area contributed by atoms with E-state index < -0.39 is 0 Å². The summed E-state index contributed by atoms with van der Waals surface area (Å²) in [7, 11) is 6.30. The van der Waals surface area contributed by atoms with E-state index in [0.717, 1.165) is 47.5 Å². The Bertz CT molecular complexity index is 1200. The fourth-order valence-electron chi connectivity index (χ4n) is 4.88. The summed E-state index contributed by atoms with van der Waals surface area (Å²) in [6, 6.07) is 16.1. The molecule has 0 aliphatic carbocycles. The van der Waals surface area contributed by atoms with Crippen LogP contribution in [0.3, 0.4) is 0 Å². The van der Waals surface area contributed by atoms with Crippen LogP contribution in [0.4, 0.5) is 17.1 Å². The highest BCUT2D eigenvalue weighted by molar-refractivity contribution is 6.42. The summed E-state index contributed by atoms with van der Waals surface area (Å²) in [4.78, 5) is 6.72. The fraction of sp³-hybridized carbons (Fsp3) is 0.357. The van der Waals surface area contributed by atoms with E-state index >= 15 is 0 Å². The van der Waals surface area contributed by atoms with E-state index in [2.05, 4.69) is 54.0 Å². The minimum atomic E-state index is 0.658. The van der Waals surface area contributed by atoms with Gasteiger partial charge >= 0.3 is 0 Å². The second kappa shape index (κ2) is 11.5. The van der Waals surface area contributed by atoms with Crippen molar-refractivity contribution in [2.24, 2.45) is 0 Å². The zero-order valence-electron chi connectivity index (χ0n) is 20.4. The van der Waals surface area contributed by atoms with Gasteiger partial charge in [-0.2, -0.15) is 0 Å². The SMILES string of the molecule is CN1CCCc2cc(Cl)ccc21.CN1CCc2c(Cl)cccc21.CN1CCc2c1ccc(Cl)c2Cl. The van der Waals surface area contributed by atoms with E-state index in [1.165, 1.54) is 46.6 Å². The molecule has 0 saturated heterocycles. The van der Waals surface area contributed by atoms with E-state index in [1.54, 1.807) is 0 Å². The van der Waals surface area contributed by atoms with Crippen molar-refractivity contribution in [3.63, 3.8) is 0 Å². The first-order valence-corrected chi connectivity index (χ1v) is 13.4. The first kappa shape index (κ1) is 26.3. The summed E-state index contributed by atoms with van der Waals surface area (Å²) in [5.41, 5.74) is 7.71. The average molecular weight is 551 g/mol. The van der Waals surface area contributed by atoms with Gasteiger partial charge in [0, 0.05) is 67.9 Å². The number of aryl methyl sites for hydroxylation is 1. The Kier molecular flexibility index (Phi) is 8.65. The van der Waals surface area contributed by atoms with Gasteiger partial charge in [-0.15, -0.1) is 0 Å². The van der Waals surface area contributed by atoms with Gasteiger partial charge in [0.25, 0.3) is 0 Å². The highest BCUT2D eigenvalue weighted by atomic mass is 35.5. The molecule has 0 saturated carbocycles. The number of anilines is 3. The van der Waals surface area contributed by atoms with Gasteiger partial charge in [0.1, 0.15) is 0 Å². The van der Waals surface area contributed by atoms with Crippen molar-refractivity contribution < 1.29 is 0 Å². The highest BCUT2D eigenvalue weighted by Gasteiger charge is 2.19. The maximum atomic E-state index is 6.05. The lowest BCUT2D eigenvalue weighted by Crippen LogP contribution is -2.24. The van der Waals surface area contributed by atoms with E-state index in [0.29, 0.717) is 5.02 Å². The number of rotatable bonds is 0. The molecule has 0 amide bonds. The first-order chi connectivity index (χ1) is 16.8. The van der Waals surface area contributed by atoms with Gasteiger partial charge in [-0.1, -0.05) is 52.5 Å². The standard InChI is InChI=1S/C10H12ClN.C9H9Cl2N.C9H10ClN/c1-12-6-2-3-8-7-9(11)4-5-10(8)12;1-12-5-4-6-8(12)3-2-7(10)9(6)11;1-11-6-5-7-8(10)3-2-4-9(7)11/h4-5,7H,2-3,6H2,1H3;2-3H,4-5H2,1H3;2-4H,5-6H2,1H3. The van der Waals surface area contributed by atoms with Crippen LogP contribution in [-0.2, 0) is 19.3 Å². The summed E-state index contributed by atoms with van der Waals surface area (Å²) in [5.74, 6) is 0. The second-order valence-corrected chi connectivity index (χ2v) is 10.9. The quantitative estimate of drug-likeness (QED) is 0.280. The first-order valence-electron chi connectivity index (χ1n) is 11.9. The van der Waals surface area contributed by atoms with Crippen molar-refractivity contribution >= 4 is 63.5 Å². The summed E-state index contributed by atoms with van der Waals surface area (Å²) in [6.07, 6.45) is 4.50. The van der Waals surface area contributed by atoms with Gasteiger partial charge in [0.15, 0.2) is 0 Å². The molecule has 0 N–H and O–H groups in total. The van der Waals surface area contributed by atoms with Crippen LogP contribution in [0.25, 0.3) is 0 Å². The molecule has 0 bridgehead atoms. The number of benzene rings is 3. The lowest BCUT2D eigenvalue weighted by atomic mass is 10.0. The Morgan fingerprint density at radius 1 is 0.600 bits per heavy atom. The van der Waals surface area contributed by atoms with E-state index in [-0.39, 0.29) is 0 Å². The molecule has 3 aromatic rings. The van der Waals surface area contributed by atoms with Crippen LogP contribution in [-0.4, -0.2) is 40.8 Å². The average Bonchev–Trinajstić information content (AvgIpc) is 3.41. The van der Waals surface area contributed by atoms with E-state index in [4.69, 9.17) is 46.4 Å². The second-order valence-electron chi connectivity index (χ2n) is 9.24. The lowest BCUT2D eigenvalue weighted by Gasteiger charge is -2.27. The molecule has 3 aliphatic rings. The molecule has 3 nitrogen and oxygen atoms in total. The lowest BCUT2D eigenvalue weighted by molar-refractivity contribution is 0.744. The monoisotopic (exact) mass is 549 g/mol. The third kappa shape index (κ3) is 5.97. The maximum Gasteiger partial charge on any atom is 0.0645 e. The Labute approximate surface area is 229 Å². The molecule has 0 spiro atoms. The Morgan fingerprint density at radius 2 is 1.23 bits per heavy atom. The van der Waals surface area contributed by atoms with Crippen LogP contribution in [0.15, 0.2) is 48.5 Å². The number of halogens is 4. The van der Waals surface area contributed by atoms with Crippen LogP contribution >= 0.6 is 46.4 Å². The maximum absolute atomic E-state index is 6.05. The molecule has 0 radical (unpaired) electrons. The van der Waals surface area contributed by atoms with Crippen LogP contribution in [0.2, 0.25) is 20.1 Å². The van der Waals surface area contributed by atoms with Gasteiger partial charge in [0.05, 0.1) is 10.0 Å². The zero-order valence-corrected chi connectivity index (χ0v) is 23.4. The number of nitrogens with zero attached hydrogens (tertiary/aromatic N) is 3. The predicted octanol–water partition coefficient (Wildman–Crippen LogP) is 8.04. The molecule has 0 unspecified atom stereocenters. The largest absolute Gasteiger partial charge is 0.374 e. The summed E-state index contributed by atoms with van der Waals surface area (Å²) < 4.78 is 0. The van der Waals surface area contributed by atoms with E-state index in [9.17, 15) is 0 Å². The van der Waals surface area contributed by atoms with Crippen molar-refractivity contribution in [2.75, 3.05) is 55.5 Å². The number of hydrogen-bond donors (Lipinski definition) is 0. The zero-order chi connectivity index (χ0) is 25.1. The number of likely N-dealkylation sites (N-methyl/N-ethyl adjacent to an activating group) is 2. The van der Waals surface area contributed by atoms with Crippen LogP contribution < -0.4 is 14.7 Å². The third-order valence-electron chi connectivity index (χ3n) is 6.87. The van der Waals surface area contributed by atoms with Crippen molar-refractivity contribution in [3.8, 4) is 0 Å². The Balaban J connectivity index is 0.000000124. The van der Waals surface area contributed by atoms with Crippen LogP contribution in [0.5, 0.6) is 0 Å². The number of hydrogen-bond acceptors (Lipinski definition) is 3. The molecule has 0 atom stereocenters. The van der Waals surface area contributed by atoms with Crippen molar-refractivity contribution in [1.82, 2.24) is 0 Å². The fourth-order valence-corrected chi connectivity index (χ4v) is 5.77. The van der Waals surface area contributed by atoms with Crippen molar-refractivity contribution in [2.45, 2.75) is 25.7 Å². The predicted molar refractivity (Wildman–Crippen MR) is 155 cm³/mol. The molecule has 3 aromatic carbocycles. The third-order valence-corrected chi connectivity index (χ3v) is 8.31. The highest BCUT2D eigenvalue weighted by Crippen LogP contribution is 2.37. The normalized spacial score (nSPS) is 15.5. The minimum Gasteiger partial charge on any atom is -0.374 e. The van der Waals surface area contributed by atoms with Crippen molar-refractivity contribution in [3.05, 3.63) is 85.3 Å². The topological polar surface area (TPSA) is 9.72 Å². The molecule has 0 fully saturated rings. The molecule has 7 heteroatoms. The van der Waals surface area contributed by atoms with Gasteiger partial charge < -0.3 is 14.7 Å².